The van der Waals surface area contributed by atoms with Crippen LogP contribution in [0.4, 0.5) is 0 Å². The molecule has 1 atom stereocenters. The van der Waals surface area contributed by atoms with Gasteiger partial charge in [0.2, 0.25) is 5.91 Å². The zero-order valence-electron chi connectivity index (χ0n) is 16.9. The minimum Gasteiger partial charge on any atom is -0.508 e. The number of aromatic nitrogens is 2. The molecular weight excluding hydrogens is 374 g/mol. The maximum absolute atomic E-state index is 12.7. The van der Waals surface area contributed by atoms with Crippen molar-refractivity contribution in [2.75, 3.05) is 0 Å². The molecule has 0 fully saturated rings. The second kappa shape index (κ2) is 8.82. The summed E-state index contributed by atoms with van der Waals surface area (Å²) in [5.41, 5.74) is 5.18. The average molecular weight is 399 g/mol. The van der Waals surface area contributed by atoms with Crippen molar-refractivity contribution in [2.24, 2.45) is 0 Å². The van der Waals surface area contributed by atoms with E-state index < -0.39 is 0 Å². The topological polar surface area (TPSA) is 78.0 Å². The molecule has 0 spiro atoms. The molecule has 152 valence electrons. The lowest BCUT2D eigenvalue weighted by atomic mass is 10.0. The zero-order valence-corrected chi connectivity index (χ0v) is 16.9. The van der Waals surface area contributed by atoms with Crippen LogP contribution in [0.3, 0.4) is 0 Å². The maximum atomic E-state index is 12.7. The van der Waals surface area contributed by atoms with Gasteiger partial charge >= 0.3 is 0 Å². The van der Waals surface area contributed by atoms with Gasteiger partial charge in [-0.1, -0.05) is 54.1 Å². The summed E-state index contributed by atoms with van der Waals surface area (Å²) in [6.07, 6.45) is 1.68. The van der Waals surface area contributed by atoms with Crippen molar-refractivity contribution in [3.63, 3.8) is 0 Å². The average Bonchev–Trinajstić information content (AvgIpc) is 3.19. The first-order chi connectivity index (χ1) is 14.6. The third-order valence-corrected chi connectivity index (χ3v) is 5.21. The number of imidazole rings is 1. The SMILES string of the molecule is Cc1ccc(CCC(=O)NC(Cc2ccc(O)cc2)c2nc3ccccc3[nH]2)cc1. The monoisotopic (exact) mass is 399 g/mol. The van der Waals surface area contributed by atoms with Crippen molar-refractivity contribution in [1.29, 1.82) is 0 Å². The number of amides is 1. The third kappa shape index (κ3) is 4.87. The molecule has 3 aromatic carbocycles. The number of H-pyrrole nitrogens is 1. The van der Waals surface area contributed by atoms with Crippen molar-refractivity contribution in [2.45, 2.75) is 32.2 Å². The van der Waals surface area contributed by atoms with Crippen LogP contribution in [0.2, 0.25) is 0 Å². The van der Waals surface area contributed by atoms with E-state index in [0.29, 0.717) is 19.3 Å². The van der Waals surface area contributed by atoms with E-state index in [0.717, 1.165) is 28.0 Å². The van der Waals surface area contributed by atoms with Gasteiger partial charge in [-0.05, 0) is 55.2 Å². The smallest absolute Gasteiger partial charge is 0.220 e. The maximum Gasteiger partial charge on any atom is 0.220 e. The lowest BCUT2D eigenvalue weighted by Gasteiger charge is -2.17. The lowest BCUT2D eigenvalue weighted by Crippen LogP contribution is -2.31. The fourth-order valence-electron chi connectivity index (χ4n) is 3.50. The molecule has 5 nitrogen and oxygen atoms in total. The summed E-state index contributed by atoms with van der Waals surface area (Å²) >= 11 is 0. The molecule has 30 heavy (non-hydrogen) atoms. The molecule has 0 saturated heterocycles. The largest absolute Gasteiger partial charge is 0.508 e. The molecule has 0 aliphatic rings. The van der Waals surface area contributed by atoms with E-state index in [1.54, 1.807) is 12.1 Å². The minimum atomic E-state index is -0.285. The number of para-hydroxylation sites is 2. The molecular formula is C25H25N3O2. The number of fused-ring (bicyclic) bond motifs is 1. The summed E-state index contributed by atoms with van der Waals surface area (Å²) in [4.78, 5) is 20.8. The zero-order chi connectivity index (χ0) is 20.9. The highest BCUT2D eigenvalue weighted by atomic mass is 16.3. The van der Waals surface area contributed by atoms with E-state index in [2.05, 4.69) is 46.5 Å². The standard InChI is InChI=1S/C25H25N3O2/c1-17-6-8-18(9-7-17)12-15-24(30)26-23(16-19-10-13-20(29)14-11-19)25-27-21-4-2-3-5-22(21)28-25/h2-11,13-14,23,29H,12,15-16H2,1H3,(H,26,30)(H,27,28). The van der Waals surface area contributed by atoms with Gasteiger partial charge < -0.3 is 15.4 Å². The van der Waals surface area contributed by atoms with Crippen LogP contribution in [0.25, 0.3) is 11.0 Å². The molecule has 1 aromatic heterocycles. The predicted molar refractivity (Wildman–Crippen MR) is 118 cm³/mol. The van der Waals surface area contributed by atoms with E-state index in [-0.39, 0.29) is 17.7 Å². The molecule has 0 saturated carbocycles. The number of phenolic OH excluding ortho intramolecular Hbond substituents is 1. The Hall–Kier alpha value is -3.60. The van der Waals surface area contributed by atoms with Crippen LogP contribution in [0.5, 0.6) is 5.75 Å². The Labute approximate surface area is 175 Å². The molecule has 4 aromatic rings. The fraction of sp³-hybridized carbons (Fsp3) is 0.200. The minimum absolute atomic E-state index is 0.0141. The Balaban J connectivity index is 1.50. The summed E-state index contributed by atoms with van der Waals surface area (Å²) in [6, 6.07) is 22.8. The number of carbonyl (C=O) groups is 1. The molecule has 1 heterocycles. The second-order valence-corrected chi connectivity index (χ2v) is 7.62. The summed E-state index contributed by atoms with van der Waals surface area (Å²) in [5.74, 6) is 0.939. The predicted octanol–water partition coefficient (Wildman–Crippen LogP) is 4.61. The number of aryl methyl sites for hydroxylation is 2. The summed E-state index contributed by atoms with van der Waals surface area (Å²) in [5, 5.41) is 12.7. The van der Waals surface area contributed by atoms with E-state index in [4.69, 9.17) is 0 Å². The number of aromatic hydroxyl groups is 1. The van der Waals surface area contributed by atoms with Gasteiger partial charge in [0.1, 0.15) is 11.6 Å². The molecule has 4 rings (SSSR count). The van der Waals surface area contributed by atoms with Crippen LogP contribution >= 0.6 is 0 Å². The lowest BCUT2D eigenvalue weighted by molar-refractivity contribution is -0.121. The van der Waals surface area contributed by atoms with E-state index in [9.17, 15) is 9.90 Å². The quantitative estimate of drug-likeness (QED) is 0.425. The Kier molecular flexibility index (Phi) is 5.80. The highest BCUT2D eigenvalue weighted by Gasteiger charge is 2.19. The third-order valence-electron chi connectivity index (χ3n) is 5.21. The van der Waals surface area contributed by atoms with Gasteiger partial charge in [-0.2, -0.15) is 0 Å². The fourth-order valence-corrected chi connectivity index (χ4v) is 3.50. The van der Waals surface area contributed by atoms with E-state index in [1.165, 1.54) is 5.56 Å². The first kappa shape index (κ1) is 19.7. The van der Waals surface area contributed by atoms with Gasteiger partial charge in [-0.3, -0.25) is 4.79 Å². The van der Waals surface area contributed by atoms with Crippen LogP contribution in [0.15, 0.2) is 72.8 Å². The Morgan fingerprint density at radius 3 is 2.43 bits per heavy atom. The number of nitrogens with one attached hydrogen (secondary N) is 2. The van der Waals surface area contributed by atoms with Gasteiger partial charge in [0.25, 0.3) is 0 Å². The van der Waals surface area contributed by atoms with Gasteiger partial charge in [-0.25, -0.2) is 4.98 Å². The number of phenols is 1. The number of aromatic amines is 1. The summed E-state index contributed by atoms with van der Waals surface area (Å²) < 4.78 is 0. The van der Waals surface area contributed by atoms with Crippen LogP contribution < -0.4 is 5.32 Å². The molecule has 0 aliphatic heterocycles. The Bertz CT molecular complexity index is 1100. The number of carbonyl (C=O) groups excluding carboxylic acids is 1. The highest BCUT2D eigenvalue weighted by molar-refractivity contribution is 5.77. The Morgan fingerprint density at radius 2 is 1.70 bits per heavy atom. The number of hydrogen-bond acceptors (Lipinski definition) is 3. The second-order valence-electron chi connectivity index (χ2n) is 7.62. The van der Waals surface area contributed by atoms with E-state index >= 15 is 0 Å². The van der Waals surface area contributed by atoms with Crippen molar-refractivity contribution in [3.8, 4) is 5.75 Å². The molecule has 0 radical (unpaired) electrons. The van der Waals surface area contributed by atoms with Crippen molar-refractivity contribution >= 4 is 16.9 Å². The normalized spacial score (nSPS) is 12.0. The van der Waals surface area contributed by atoms with Crippen LogP contribution in [-0.4, -0.2) is 21.0 Å². The number of benzene rings is 3. The van der Waals surface area contributed by atoms with Crippen LogP contribution in [-0.2, 0) is 17.6 Å². The van der Waals surface area contributed by atoms with Gasteiger partial charge in [0, 0.05) is 6.42 Å². The first-order valence-corrected chi connectivity index (χ1v) is 10.1. The van der Waals surface area contributed by atoms with Crippen molar-refractivity contribution < 1.29 is 9.90 Å². The molecule has 1 amide bonds. The van der Waals surface area contributed by atoms with Crippen molar-refractivity contribution in [1.82, 2.24) is 15.3 Å². The van der Waals surface area contributed by atoms with Gasteiger partial charge in [-0.15, -0.1) is 0 Å². The number of nitrogens with zero attached hydrogens (tertiary/aromatic N) is 1. The van der Waals surface area contributed by atoms with Crippen LogP contribution in [0, 0.1) is 6.92 Å². The van der Waals surface area contributed by atoms with Gasteiger partial charge in [0.15, 0.2) is 0 Å². The summed E-state index contributed by atoms with van der Waals surface area (Å²) in [6.45, 7) is 2.05. The molecule has 1 unspecified atom stereocenters. The molecule has 0 aliphatic carbocycles. The number of rotatable bonds is 7. The molecule has 5 heteroatoms. The Morgan fingerprint density at radius 1 is 1.00 bits per heavy atom. The highest BCUT2D eigenvalue weighted by Crippen LogP contribution is 2.21. The summed E-state index contributed by atoms with van der Waals surface area (Å²) in [7, 11) is 0. The van der Waals surface area contributed by atoms with Gasteiger partial charge in [0.05, 0.1) is 17.1 Å². The van der Waals surface area contributed by atoms with E-state index in [1.807, 2.05) is 36.4 Å². The van der Waals surface area contributed by atoms with Crippen LogP contribution in [0.1, 0.15) is 35.0 Å². The molecule has 0 bridgehead atoms. The first-order valence-electron chi connectivity index (χ1n) is 10.1. The number of hydrogen-bond donors (Lipinski definition) is 3. The molecule has 3 N–H and O–H groups in total. The van der Waals surface area contributed by atoms with Crippen molar-refractivity contribution in [3.05, 3.63) is 95.3 Å².